The van der Waals surface area contributed by atoms with Crippen molar-refractivity contribution in [2.45, 2.75) is 23.6 Å². The van der Waals surface area contributed by atoms with Gasteiger partial charge in [-0.15, -0.1) is 11.8 Å². The highest BCUT2D eigenvalue weighted by Crippen LogP contribution is 2.48. The third-order valence-electron chi connectivity index (χ3n) is 5.26. The van der Waals surface area contributed by atoms with Crippen LogP contribution >= 0.6 is 27.7 Å². The van der Waals surface area contributed by atoms with Gasteiger partial charge >= 0.3 is 0 Å². The molecule has 0 saturated heterocycles. The molecule has 0 fully saturated rings. The summed E-state index contributed by atoms with van der Waals surface area (Å²) in [5, 5.41) is 7.15. The average Bonchev–Trinajstić information content (AvgIpc) is 3.20. The molecular weight excluding hydrogens is 432 g/mol. The maximum atomic E-state index is 6.40. The predicted octanol–water partition coefficient (Wildman–Crippen LogP) is 6.41. The van der Waals surface area contributed by atoms with Gasteiger partial charge in [-0.05, 0) is 42.2 Å². The summed E-state index contributed by atoms with van der Waals surface area (Å²) < 4.78 is 7.46. The minimum Gasteiger partial charge on any atom is -0.464 e. The van der Waals surface area contributed by atoms with Crippen LogP contribution < -0.4 is 4.74 Å². The topological polar surface area (TPSA) is 24.8 Å². The Hall–Kier alpha value is -2.24. The number of benzene rings is 3. The zero-order valence-electron chi connectivity index (χ0n) is 15.4. The van der Waals surface area contributed by atoms with Gasteiger partial charge in [-0.25, -0.2) is 5.01 Å². The molecule has 0 aliphatic carbocycles. The van der Waals surface area contributed by atoms with Crippen molar-refractivity contribution in [3.63, 3.8) is 0 Å². The highest BCUT2D eigenvalue weighted by atomic mass is 79.9. The predicted molar refractivity (Wildman–Crippen MR) is 118 cm³/mol. The van der Waals surface area contributed by atoms with E-state index < -0.39 is 0 Å². The lowest BCUT2D eigenvalue weighted by Gasteiger charge is -2.38. The monoisotopic (exact) mass is 450 g/mol. The van der Waals surface area contributed by atoms with Crippen molar-refractivity contribution in [1.82, 2.24) is 5.01 Å². The van der Waals surface area contributed by atoms with Crippen LogP contribution in [0.4, 0.5) is 0 Å². The summed E-state index contributed by atoms with van der Waals surface area (Å²) >= 11 is 5.36. The Morgan fingerprint density at radius 2 is 1.82 bits per heavy atom. The van der Waals surface area contributed by atoms with Crippen molar-refractivity contribution in [3.05, 3.63) is 94.0 Å². The van der Waals surface area contributed by atoms with Gasteiger partial charge in [-0.3, -0.25) is 0 Å². The number of nitrogens with zero attached hydrogens (tertiary/aromatic N) is 2. The standard InChI is InChI=1S/C23H19BrN2OS/c1-28-18-10-7-15(8-11-18)20-14-21-19-13-17(24)9-12-22(19)27-23(26(21)25-20)16-5-3-2-4-6-16/h2-13,21,23H,14H2,1H3. The molecule has 3 aromatic carbocycles. The number of hydrogen-bond donors (Lipinski definition) is 0. The van der Waals surface area contributed by atoms with E-state index in [0.717, 1.165) is 27.9 Å². The fourth-order valence-corrected chi connectivity index (χ4v) is 4.64. The van der Waals surface area contributed by atoms with Gasteiger partial charge in [-0.1, -0.05) is 58.4 Å². The van der Waals surface area contributed by atoms with Gasteiger partial charge in [0.15, 0.2) is 0 Å². The van der Waals surface area contributed by atoms with Crippen molar-refractivity contribution in [3.8, 4) is 5.75 Å². The summed E-state index contributed by atoms with van der Waals surface area (Å²) in [6.07, 6.45) is 2.75. The normalized spacial score (nSPS) is 20.2. The number of hydrogen-bond acceptors (Lipinski definition) is 4. The van der Waals surface area contributed by atoms with Crippen molar-refractivity contribution in [2.75, 3.05) is 6.26 Å². The second-order valence-corrected chi connectivity index (χ2v) is 8.73. The fourth-order valence-electron chi connectivity index (χ4n) is 3.85. The van der Waals surface area contributed by atoms with E-state index in [1.807, 2.05) is 24.3 Å². The van der Waals surface area contributed by atoms with Gasteiger partial charge < -0.3 is 4.74 Å². The molecule has 2 aliphatic heterocycles. The lowest BCUT2D eigenvalue weighted by Crippen LogP contribution is -2.33. The quantitative estimate of drug-likeness (QED) is 0.430. The number of halogens is 1. The molecule has 0 saturated carbocycles. The molecular formula is C23H19BrN2OS. The molecule has 5 rings (SSSR count). The van der Waals surface area contributed by atoms with Crippen molar-refractivity contribution < 1.29 is 4.74 Å². The van der Waals surface area contributed by atoms with Gasteiger partial charge in [0.25, 0.3) is 0 Å². The zero-order chi connectivity index (χ0) is 19.1. The molecule has 0 bridgehead atoms. The highest BCUT2D eigenvalue weighted by molar-refractivity contribution is 9.10. The Balaban J connectivity index is 1.57. The van der Waals surface area contributed by atoms with E-state index in [9.17, 15) is 0 Å². The Morgan fingerprint density at radius 3 is 2.57 bits per heavy atom. The molecule has 0 aromatic heterocycles. The molecule has 0 N–H and O–H groups in total. The van der Waals surface area contributed by atoms with Crippen molar-refractivity contribution in [2.24, 2.45) is 5.10 Å². The molecule has 0 amide bonds. The van der Waals surface area contributed by atoms with E-state index >= 15 is 0 Å². The second kappa shape index (κ2) is 7.30. The molecule has 28 heavy (non-hydrogen) atoms. The van der Waals surface area contributed by atoms with E-state index in [4.69, 9.17) is 9.84 Å². The summed E-state index contributed by atoms with van der Waals surface area (Å²) in [7, 11) is 0. The number of rotatable bonds is 3. The Labute approximate surface area is 177 Å². The zero-order valence-corrected chi connectivity index (χ0v) is 17.8. The van der Waals surface area contributed by atoms with E-state index in [0.29, 0.717) is 0 Å². The van der Waals surface area contributed by atoms with Gasteiger partial charge in [0.2, 0.25) is 6.23 Å². The number of ether oxygens (including phenoxy) is 1. The maximum absolute atomic E-state index is 6.40. The van der Waals surface area contributed by atoms with E-state index in [1.165, 1.54) is 16.0 Å². The third kappa shape index (κ3) is 3.12. The summed E-state index contributed by atoms with van der Waals surface area (Å²) in [6, 6.07) is 25.4. The molecule has 2 heterocycles. The van der Waals surface area contributed by atoms with Crippen LogP contribution in [0.1, 0.15) is 35.4 Å². The van der Waals surface area contributed by atoms with E-state index in [-0.39, 0.29) is 12.3 Å². The first-order valence-corrected chi connectivity index (χ1v) is 11.3. The average molecular weight is 451 g/mol. The van der Waals surface area contributed by atoms with Crippen LogP contribution in [-0.2, 0) is 0 Å². The van der Waals surface area contributed by atoms with Gasteiger partial charge in [0.1, 0.15) is 5.75 Å². The molecule has 3 aromatic rings. The SMILES string of the molecule is CSc1ccc(C2=NN3C(C2)c2cc(Br)ccc2OC3c2ccccc2)cc1. The van der Waals surface area contributed by atoms with E-state index in [2.05, 4.69) is 75.7 Å². The number of thioether (sulfide) groups is 1. The molecule has 2 aliphatic rings. The highest BCUT2D eigenvalue weighted by Gasteiger charge is 2.40. The van der Waals surface area contributed by atoms with Crippen LogP contribution in [0.5, 0.6) is 5.75 Å². The van der Waals surface area contributed by atoms with Crippen molar-refractivity contribution >= 4 is 33.4 Å². The minimum absolute atomic E-state index is 0.168. The molecule has 0 radical (unpaired) electrons. The van der Waals surface area contributed by atoms with Gasteiger partial charge in [-0.2, -0.15) is 5.10 Å². The summed E-state index contributed by atoms with van der Waals surface area (Å²) in [5.74, 6) is 0.937. The Bertz CT molecular complexity index is 1040. The first-order valence-electron chi connectivity index (χ1n) is 9.24. The molecule has 5 heteroatoms. The molecule has 2 atom stereocenters. The van der Waals surface area contributed by atoms with Crippen LogP contribution in [0.15, 0.2) is 87.3 Å². The van der Waals surface area contributed by atoms with Gasteiger partial charge in [0.05, 0.1) is 11.8 Å². The van der Waals surface area contributed by atoms with Crippen LogP contribution in [0.2, 0.25) is 0 Å². The minimum atomic E-state index is -0.220. The molecule has 3 nitrogen and oxygen atoms in total. The number of hydrazone groups is 1. The van der Waals surface area contributed by atoms with Crippen LogP contribution in [0, 0.1) is 0 Å². The van der Waals surface area contributed by atoms with Crippen LogP contribution in [-0.4, -0.2) is 17.0 Å². The summed E-state index contributed by atoms with van der Waals surface area (Å²) in [6.45, 7) is 0. The molecule has 140 valence electrons. The fraction of sp³-hybridized carbons (Fsp3) is 0.174. The first kappa shape index (κ1) is 17.8. The first-order chi connectivity index (χ1) is 13.7. The lowest BCUT2D eigenvalue weighted by atomic mass is 9.96. The maximum Gasteiger partial charge on any atom is 0.213 e. The molecule has 0 spiro atoms. The number of fused-ring (bicyclic) bond motifs is 3. The molecule has 2 unspecified atom stereocenters. The Morgan fingerprint density at radius 1 is 1.04 bits per heavy atom. The third-order valence-corrected chi connectivity index (χ3v) is 6.50. The van der Waals surface area contributed by atoms with Crippen LogP contribution in [0.3, 0.4) is 0 Å². The van der Waals surface area contributed by atoms with Crippen LogP contribution in [0.25, 0.3) is 0 Å². The second-order valence-electron chi connectivity index (χ2n) is 6.94. The van der Waals surface area contributed by atoms with Gasteiger partial charge in [0, 0.05) is 26.9 Å². The summed E-state index contributed by atoms with van der Waals surface area (Å²) in [4.78, 5) is 1.26. The smallest absolute Gasteiger partial charge is 0.213 e. The largest absolute Gasteiger partial charge is 0.464 e. The summed E-state index contributed by atoms with van der Waals surface area (Å²) in [5.41, 5.74) is 4.58. The Kier molecular flexibility index (Phi) is 4.65. The lowest BCUT2D eigenvalue weighted by molar-refractivity contribution is -0.0190. The van der Waals surface area contributed by atoms with E-state index in [1.54, 1.807) is 11.8 Å². The van der Waals surface area contributed by atoms with Crippen molar-refractivity contribution in [1.29, 1.82) is 0 Å².